The summed E-state index contributed by atoms with van der Waals surface area (Å²) in [5.41, 5.74) is 1.38. The van der Waals surface area contributed by atoms with Crippen molar-refractivity contribution in [3.8, 4) is 0 Å². The van der Waals surface area contributed by atoms with Gasteiger partial charge in [0.25, 0.3) is 0 Å². The summed E-state index contributed by atoms with van der Waals surface area (Å²) in [7, 11) is 0. The largest absolute Gasteiger partial charge is 0.357 e. The third kappa shape index (κ3) is 7.14. The van der Waals surface area contributed by atoms with Gasteiger partial charge in [0.1, 0.15) is 0 Å². The maximum absolute atomic E-state index is 4.83. The molecule has 1 aliphatic rings. The lowest BCUT2D eigenvalue weighted by atomic mass is 10.2. The molecule has 1 fully saturated rings. The SMILES string of the molecule is CCNC(=NCC1CCCN1Cc1ccccc1)NCCn1ccnc1.I. The molecule has 0 aliphatic carbocycles. The van der Waals surface area contributed by atoms with Crippen molar-refractivity contribution >= 4 is 29.9 Å². The summed E-state index contributed by atoms with van der Waals surface area (Å²) < 4.78 is 2.06. The number of aliphatic imine (C=N–C) groups is 1. The van der Waals surface area contributed by atoms with Gasteiger partial charge in [0.2, 0.25) is 0 Å². The van der Waals surface area contributed by atoms with Crippen LogP contribution in [-0.2, 0) is 13.1 Å². The number of aromatic nitrogens is 2. The molecule has 1 aliphatic heterocycles. The monoisotopic (exact) mass is 482 g/mol. The van der Waals surface area contributed by atoms with Crippen LogP contribution in [0.1, 0.15) is 25.3 Å². The van der Waals surface area contributed by atoms with Crippen molar-refractivity contribution in [1.82, 2.24) is 25.1 Å². The lowest BCUT2D eigenvalue weighted by molar-refractivity contribution is 0.250. The van der Waals surface area contributed by atoms with E-state index in [1.807, 2.05) is 12.5 Å². The van der Waals surface area contributed by atoms with E-state index in [0.29, 0.717) is 6.04 Å². The Morgan fingerprint density at radius 1 is 1.26 bits per heavy atom. The highest BCUT2D eigenvalue weighted by atomic mass is 127. The number of nitrogens with zero attached hydrogens (tertiary/aromatic N) is 4. The summed E-state index contributed by atoms with van der Waals surface area (Å²) in [6.45, 7) is 7.72. The van der Waals surface area contributed by atoms with Gasteiger partial charge in [-0.15, -0.1) is 24.0 Å². The van der Waals surface area contributed by atoms with Crippen LogP contribution in [0.4, 0.5) is 0 Å². The Kier molecular flexibility index (Phi) is 9.61. The Balaban J connectivity index is 0.00000261. The van der Waals surface area contributed by atoms with Gasteiger partial charge >= 0.3 is 0 Å². The van der Waals surface area contributed by atoms with Crippen LogP contribution in [-0.4, -0.2) is 52.6 Å². The molecule has 1 saturated heterocycles. The van der Waals surface area contributed by atoms with Crippen molar-refractivity contribution < 1.29 is 0 Å². The number of guanidine groups is 1. The Morgan fingerprint density at radius 2 is 2.11 bits per heavy atom. The minimum Gasteiger partial charge on any atom is -0.357 e. The normalized spacial score (nSPS) is 17.5. The Bertz CT molecular complexity index is 658. The van der Waals surface area contributed by atoms with Gasteiger partial charge in [-0.2, -0.15) is 0 Å². The predicted molar refractivity (Wildman–Crippen MR) is 121 cm³/mol. The van der Waals surface area contributed by atoms with Crippen molar-refractivity contribution in [2.75, 3.05) is 26.2 Å². The van der Waals surface area contributed by atoms with E-state index in [1.54, 1.807) is 6.20 Å². The molecule has 0 spiro atoms. The highest BCUT2D eigenvalue weighted by Crippen LogP contribution is 2.20. The number of hydrogen-bond donors (Lipinski definition) is 2. The van der Waals surface area contributed by atoms with Crippen LogP contribution in [0.2, 0.25) is 0 Å². The van der Waals surface area contributed by atoms with E-state index in [4.69, 9.17) is 4.99 Å². The van der Waals surface area contributed by atoms with Crippen LogP contribution in [0.5, 0.6) is 0 Å². The number of halogens is 1. The fourth-order valence-corrected chi connectivity index (χ4v) is 3.39. The van der Waals surface area contributed by atoms with E-state index in [-0.39, 0.29) is 24.0 Å². The first-order chi connectivity index (χ1) is 12.8. The maximum Gasteiger partial charge on any atom is 0.191 e. The molecular weight excluding hydrogens is 451 g/mol. The lowest BCUT2D eigenvalue weighted by Gasteiger charge is -2.23. The standard InChI is InChI=1S/C20H30N6.HI/c1-2-22-20(23-11-14-25-13-10-21-17-25)24-15-19-9-6-12-26(19)16-18-7-4-3-5-8-18;/h3-5,7-8,10,13,17,19H,2,6,9,11-12,14-16H2,1H3,(H2,22,23,24);1H. The van der Waals surface area contributed by atoms with Gasteiger partial charge in [-0.3, -0.25) is 9.89 Å². The average Bonchev–Trinajstić information content (AvgIpc) is 3.33. The number of hydrogen-bond acceptors (Lipinski definition) is 3. The summed E-state index contributed by atoms with van der Waals surface area (Å²) in [6, 6.07) is 11.3. The molecule has 2 N–H and O–H groups in total. The van der Waals surface area contributed by atoms with Crippen molar-refractivity contribution in [3.05, 3.63) is 54.6 Å². The summed E-state index contributed by atoms with van der Waals surface area (Å²) in [5, 5.41) is 6.77. The zero-order valence-corrected chi connectivity index (χ0v) is 18.4. The fourth-order valence-electron chi connectivity index (χ4n) is 3.39. The molecule has 0 bridgehead atoms. The van der Waals surface area contributed by atoms with Gasteiger partial charge < -0.3 is 15.2 Å². The smallest absolute Gasteiger partial charge is 0.191 e. The molecule has 3 rings (SSSR count). The van der Waals surface area contributed by atoms with Crippen LogP contribution in [0.3, 0.4) is 0 Å². The van der Waals surface area contributed by atoms with Crippen molar-refractivity contribution in [1.29, 1.82) is 0 Å². The van der Waals surface area contributed by atoms with Crippen molar-refractivity contribution in [3.63, 3.8) is 0 Å². The quantitative estimate of drug-likeness (QED) is 0.345. The summed E-state index contributed by atoms with van der Waals surface area (Å²) >= 11 is 0. The third-order valence-corrected chi connectivity index (χ3v) is 4.75. The van der Waals surface area contributed by atoms with E-state index in [0.717, 1.165) is 38.7 Å². The van der Waals surface area contributed by atoms with Crippen LogP contribution < -0.4 is 10.6 Å². The molecule has 27 heavy (non-hydrogen) atoms. The van der Waals surface area contributed by atoms with Gasteiger partial charge in [0.15, 0.2) is 5.96 Å². The molecule has 1 atom stereocenters. The molecule has 6 nitrogen and oxygen atoms in total. The zero-order valence-electron chi connectivity index (χ0n) is 16.1. The minimum atomic E-state index is 0. The second kappa shape index (κ2) is 12.0. The Labute approximate surface area is 179 Å². The number of nitrogens with one attached hydrogen (secondary N) is 2. The first kappa shape index (κ1) is 21.7. The predicted octanol–water partition coefficient (Wildman–Crippen LogP) is 2.72. The van der Waals surface area contributed by atoms with Gasteiger partial charge in [-0.25, -0.2) is 4.98 Å². The Morgan fingerprint density at radius 3 is 2.85 bits per heavy atom. The van der Waals surface area contributed by atoms with Crippen LogP contribution >= 0.6 is 24.0 Å². The molecular formula is C20H31IN6. The van der Waals surface area contributed by atoms with Gasteiger partial charge in [0.05, 0.1) is 12.9 Å². The third-order valence-electron chi connectivity index (χ3n) is 4.75. The zero-order chi connectivity index (χ0) is 18.0. The van der Waals surface area contributed by atoms with E-state index in [1.165, 1.54) is 24.9 Å². The molecule has 1 aromatic carbocycles. The van der Waals surface area contributed by atoms with Crippen molar-refractivity contribution in [2.24, 2.45) is 4.99 Å². The number of imidazole rings is 1. The summed E-state index contributed by atoms with van der Waals surface area (Å²) in [4.78, 5) is 11.5. The molecule has 2 aromatic rings. The molecule has 148 valence electrons. The molecule has 2 heterocycles. The molecule has 0 saturated carbocycles. The highest BCUT2D eigenvalue weighted by molar-refractivity contribution is 14.0. The molecule has 0 radical (unpaired) electrons. The number of benzene rings is 1. The molecule has 1 unspecified atom stereocenters. The molecule has 1 aromatic heterocycles. The van der Waals surface area contributed by atoms with Gasteiger partial charge in [0, 0.05) is 44.6 Å². The van der Waals surface area contributed by atoms with Crippen LogP contribution in [0.15, 0.2) is 54.0 Å². The number of likely N-dealkylation sites (tertiary alicyclic amines) is 1. The maximum atomic E-state index is 4.83. The lowest BCUT2D eigenvalue weighted by Crippen LogP contribution is -2.40. The highest BCUT2D eigenvalue weighted by Gasteiger charge is 2.24. The van der Waals surface area contributed by atoms with E-state index < -0.39 is 0 Å². The van der Waals surface area contributed by atoms with Gasteiger partial charge in [-0.05, 0) is 31.9 Å². The summed E-state index contributed by atoms with van der Waals surface area (Å²) in [6.07, 6.45) is 8.11. The fraction of sp³-hybridized carbons (Fsp3) is 0.500. The van der Waals surface area contributed by atoms with Crippen molar-refractivity contribution in [2.45, 2.75) is 38.9 Å². The molecule has 0 amide bonds. The Hall–Kier alpha value is -1.61. The first-order valence-corrected chi connectivity index (χ1v) is 9.61. The summed E-state index contributed by atoms with van der Waals surface area (Å²) in [5.74, 6) is 0.902. The number of rotatable bonds is 8. The van der Waals surface area contributed by atoms with Crippen LogP contribution in [0.25, 0.3) is 0 Å². The van der Waals surface area contributed by atoms with Gasteiger partial charge in [-0.1, -0.05) is 30.3 Å². The second-order valence-electron chi connectivity index (χ2n) is 6.70. The minimum absolute atomic E-state index is 0. The topological polar surface area (TPSA) is 57.5 Å². The molecule has 7 heteroatoms. The van der Waals surface area contributed by atoms with Crippen LogP contribution in [0, 0.1) is 0 Å². The van der Waals surface area contributed by atoms with E-state index in [9.17, 15) is 0 Å². The second-order valence-corrected chi connectivity index (χ2v) is 6.70. The van der Waals surface area contributed by atoms with E-state index in [2.05, 4.69) is 62.3 Å². The van der Waals surface area contributed by atoms with E-state index >= 15 is 0 Å². The first-order valence-electron chi connectivity index (χ1n) is 9.61. The average molecular weight is 482 g/mol.